The van der Waals surface area contributed by atoms with E-state index in [1.807, 2.05) is 36.7 Å². The zero-order valence-electron chi connectivity index (χ0n) is 34.3. The van der Waals surface area contributed by atoms with Gasteiger partial charge in [-0.25, -0.2) is 0 Å². The van der Waals surface area contributed by atoms with Crippen molar-refractivity contribution >= 4 is 22.8 Å². The van der Waals surface area contributed by atoms with Crippen LogP contribution in [0.3, 0.4) is 0 Å². The third-order valence-electron chi connectivity index (χ3n) is 11.2. The highest BCUT2D eigenvalue weighted by Crippen LogP contribution is 2.37. The fraction of sp³-hybridized carbons (Fsp3) is 0. The summed E-state index contributed by atoms with van der Waals surface area (Å²) in [4.78, 5) is 9.40. The van der Waals surface area contributed by atoms with Crippen molar-refractivity contribution in [1.29, 1.82) is 0 Å². The lowest BCUT2D eigenvalue weighted by Gasteiger charge is -2.10. The Kier molecular flexibility index (Phi) is 11.3. The molecule has 5 heteroatoms. The van der Waals surface area contributed by atoms with Gasteiger partial charge in [0.25, 0.3) is 0 Å². The van der Waals surface area contributed by atoms with E-state index >= 15 is 0 Å². The molecule has 0 bridgehead atoms. The van der Waals surface area contributed by atoms with E-state index in [1.165, 1.54) is 56.2 Å². The number of fused-ring (bicyclic) bond motifs is 1. The number of hydrogen-bond donors (Lipinski definition) is 0. The van der Waals surface area contributed by atoms with Crippen LogP contribution in [0.1, 0.15) is 0 Å². The lowest BCUT2D eigenvalue weighted by atomic mass is 9.94. The fourth-order valence-corrected chi connectivity index (χ4v) is 8.50. The van der Waals surface area contributed by atoms with Crippen molar-refractivity contribution in [2.75, 3.05) is 0 Å². The van der Waals surface area contributed by atoms with E-state index in [2.05, 4.69) is 206 Å². The third-order valence-corrected chi connectivity index (χ3v) is 11.7. The second kappa shape index (κ2) is 18.2. The zero-order chi connectivity index (χ0) is 42.2. The van der Waals surface area contributed by atoms with Crippen molar-refractivity contribution in [1.82, 2.24) is 18.7 Å². The molecule has 4 nitrogen and oxygen atoms in total. The molecule has 0 N–H and O–H groups in total. The molecule has 0 amide bonds. The highest BCUT2D eigenvalue weighted by molar-refractivity contribution is 7.00. The van der Waals surface area contributed by atoms with Crippen LogP contribution in [0.4, 0.5) is 0 Å². The molecule has 0 aliphatic heterocycles. The standard InChI is InChI=1S/C30H20N2S.C28H20N2/c1-3-9-21(10-4-1)23-13-7-15-25(19-23)27-17-18-28(30-29(27)31-33-32-30)26-16-8-14-24(20-26)22-11-5-2-6-12-22;1-3-9-21(10-4-1)23-13-7-15-25(17-23)27-19-30-28(20-29-27)26-16-8-14-24(18-26)22-11-5-2-6-12-22/h1-20H;1-20H. The third kappa shape index (κ3) is 8.73. The fourth-order valence-electron chi connectivity index (χ4n) is 7.93. The molecule has 0 saturated carbocycles. The predicted molar refractivity (Wildman–Crippen MR) is 263 cm³/mol. The summed E-state index contributed by atoms with van der Waals surface area (Å²) >= 11 is 1.27. The van der Waals surface area contributed by atoms with E-state index in [4.69, 9.17) is 18.7 Å². The normalized spacial score (nSPS) is 10.9. The van der Waals surface area contributed by atoms with Gasteiger partial charge in [0.1, 0.15) is 11.0 Å². The summed E-state index contributed by atoms with van der Waals surface area (Å²) in [5.41, 5.74) is 19.9. The first-order chi connectivity index (χ1) is 31.2. The van der Waals surface area contributed by atoms with Crippen molar-refractivity contribution in [3.8, 4) is 89.3 Å². The summed E-state index contributed by atoms with van der Waals surface area (Å²) in [6.07, 6.45) is 3.71. The Labute approximate surface area is 371 Å². The molecule has 0 unspecified atom stereocenters. The van der Waals surface area contributed by atoms with Crippen LogP contribution in [0, 0.1) is 0 Å². The average molecular weight is 825 g/mol. The number of benzene rings is 9. The zero-order valence-corrected chi connectivity index (χ0v) is 35.1. The number of hydrogen-bond acceptors (Lipinski definition) is 5. The SMILES string of the molecule is c1ccc(-c2cccc(-c3ccc(-c4cccc(-c5ccccc5)c4)c4nsnc34)c2)cc1.c1ccc(-c2cccc(-c3cnc(-c4cccc(-c5ccccc5)c4)cn3)c2)cc1. The van der Waals surface area contributed by atoms with E-state index < -0.39 is 0 Å². The first-order valence-electron chi connectivity index (χ1n) is 20.9. The van der Waals surface area contributed by atoms with Gasteiger partial charge in [-0.3, -0.25) is 9.97 Å². The van der Waals surface area contributed by atoms with Crippen LogP contribution in [-0.2, 0) is 0 Å². The van der Waals surface area contributed by atoms with E-state index in [0.717, 1.165) is 55.8 Å². The Balaban J connectivity index is 0.000000150. The predicted octanol–water partition coefficient (Wildman–Crippen LogP) is 15.5. The van der Waals surface area contributed by atoms with Crippen molar-refractivity contribution < 1.29 is 0 Å². The highest BCUT2D eigenvalue weighted by atomic mass is 32.1. The Morgan fingerprint density at radius 3 is 0.825 bits per heavy atom. The van der Waals surface area contributed by atoms with Gasteiger partial charge in [0.05, 0.1) is 35.5 Å². The van der Waals surface area contributed by atoms with Crippen LogP contribution in [0.5, 0.6) is 0 Å². The maximum Gasteiger partial charge on any atom is 0.113 e. The molecule has 0 spiro atoms. The van der Waals surface area contributed by atoms with Crippen LogP contribution in [0.15, 0.2) is 243 Å². The topological polar surface area (TPSA) is 51.6 Å². The van der Waals surface area contributed by atoms with Gasteiger partial charge in [-0.1, -0.05) is 206 Å². The van der Waals surface area contributed by atoms with Gasteiger partial charge in [-0.05, 0) is 79.9 Å². The number of aromatic nitrogens is 4. The maximum atomic E-state index is 4.70. The molecule has 63 heavy (non-hydrogen) atoms. The largest absolute Gasteiger partial charge is 0.252 e. The molecule has 11 aromatic rings. The first-order valence-corrected chi connectivity index (χ1v) is 21.7. The lowest BCUT2D eigenvalue weighted by molar-refractivity contribution is 1.21. The van der Waals surface area contributed by atoms with Gasteiger partial charge < -0.3 is 0 Å². The molecule has 0 aliphatic carbocycles. The Morgan fingerprint density at radius 1 is 0.238 bits per heavy atom. The molecule has 298 valence electrons. The van der Waals surface area contributed by atoms with Crippen molar-refractivity contribution in [2.24, 2.45) is 0 Å². The van der Waals surface area contributed by atoms with Crippen LogP contribution >= 0.6 is 11.7 Å². The summed E-state index contributed by atoms with van der Waals surface area (Å²) in [6.45, 7) is 0. The summed E-state index contributed by atoms with van der Waals surface area (Å²) in [6, 6.07) is 80.2. The lowest BCUT2D eigenvalue weighted by Crippen LogP contribution is -1.90. The van der Waals surface area contributed by atoms with Crippen molar-refractivity contribution in [3.05, 3.63) is 243 Å². The number of rotatable bonds is 8. The van der Waals surface area contributed by atoms with E-state index in [0.29, 0.717) is 0 Å². The summed E-state index contributed by atoms with van der Waals surface area (Å²) in [5.74, 6) is 0. The Hall–Kier alpha value is -8.12. The minimum atomic E-state index is 0.871. The molecule has 2 aromatic heterocycles. The molecule has 0 radical (unpaired) electrons. The van der Waals surface area contributed by atoms with Crippen LogP contribution in [0.25, 0.3) is 100 Å². The monoisotopic (exact) mass is 824 g/mol. The molecule has 11 rings (SSSR count). The average Bonchev–Trinajstić information content (AvgIpc) is 3.88. The smallest absolute Gasteiger partial charge is 0.113 e. The molecular weight excluding hydrogens is 785 g/mol. The van der Waals surface area contributed by atoms with Crippen molar-refractivity contribution in [2.45, 2.75) is 0 Å². The minimum absolute atomic E-state index is 0.871. The van der Waals surface area contributed by atoms with E-state index in [1.54, 1.807) is 0 Å². The van der Waals surface area contributed by atoms with Gasteiger partial charge in [0.2, 0.25) is 0 Å². The summed E-state index contributed by atoms with van der Waals surface area (Å²) in [5, 5.41) is 0. The number of nitrogens with zero attached hydrogens (tertiary/aromatic N) is 4. The molecule has 2 heterocycles. The van der Waals surface area contributed by atoms with Crippen LogP contribution < -0.4 is 0 Å². The quantitative estimate of drug-likeness (QED) is 0.153. The Morgan fingerprint density at radius 2 is 0.508 bits per heavy atom. The van der Waals surface area contributed by atoms with Gasteiger partial charge in [-0.15, -0.1) is 0 Å². The molecule has 0 aliphatic rings. The minimum Gasteiger partial charge on any atom is -0.252 e. The summed E-state index contributed by atoms with van der Waals surface area (Å²) in [7, 11) is 0. The van der Waals surface area contributed by atoms with Crippen molar-refractivity contribution in [3.63, 3.8) is 0 Å². The molecule has 9 aromatic carbocycles. The highest BCUT2D eigenvalue weighted by Gasteiger charge is 2.15. The Bertz CT molecular complexity index is 3040. The van der Waals surface area contributed by atoms with Gasteiger partial charge in [0.15, 0.2) is 0 Å². The molecule has 0 fully saturated rings. The van der Waals surface area contributed by atoms with Gasteiger partial charge >= 0.3 is 0 Å². The second-order valence-electron chi connectivity index (χ2n) is 15.2. The van der Waals surface area contributed by atoms with E-state index in [-0.39, 0.29) is 0 Å². The van der Waals surface area contributed by atoms with Crippen LogP contribution in [0.2, 0.25) is 0 Å². The maximum absolute atomic E-state index is 4.70. The molecule has 0 atom stereocenters. The van der Waals surface area contributed by atoms with Crippen LogP contribution in [-0.4, -0.2) is 18.7 Å². The second-order valence-corrected chi connectivity index (χ2v) is 15.7. The van der Waals surface area contributed by atoms with Gasteiger partial charge in [0, 0.05) is 22.3 Å². The molecule has 0 saturated heterocycles. The molecular formula is C58H40N4S. The summed E-state index contributed by atoms with van der Waals surface area (Å²) < 4.78 is 9.39. The first kappa shape index (κ1) is 39.0. The van der Waals surface area contributed by atoms with Gasteiger partial charge in [-0.2, -0.15) is 8.75 Å². The van der Waals surface area contributed by atoms with E-state index in [9.17, 15) is 0 Å².